The van der Waals surface area contributed by atoms with Crippen LogP contribution in [0, 0.1) is 0 Å². The number of hydrogen-bond donors (Lipinski definition) is 0. The smallest absolute Gasteiger partial charge is 0.143 e. The highest BCUT2D eigenvalue weighted by atomic mass is 32.1. The Morgan fingerprint density at radius 2 is 2.03 bits per heavy atom. The molecule has 0 bridgehead atoms. The molecule has 10 nitrogen and oxygen atoms in total. The molecular formula is C25H29N9OS. The van der Waals surface area contributed by atoms with Crippen molar-refractivity contribution >= 4 is 22.9 Å². The first-order valence-corrected chi connectivity index (χ1v) is 12.9. The quantitative estimate of drug-likeness (QED) is 0.264. The minimum absolute atomic E-state index is 0.450. The number of benzene rings is 1. The Hall–Kier alpha value is -3.86. The van der Waals surface area contributed by atoms with Crippen LogP contribution in [-0.2, 0) is 6.61 Å². The van der Waals surface area contributed by atoms with Crippen LogP contribution < -0.4 is 4.74 Å². The Labute approximate surface area is 214 Å². The van der Waals surface area contributed by atoms with E-state index in [4.69, 9.17) is 14.7 Å². The zero-order valence-corrected chi connectivity index (χ0v) is 21.3. The molecule has 0 amide bonds. The van der Waals surface area contributed by atoms with Gasteiger partial charge in [-0.25, -0.2) is 14.6 Å². The van der Waals surface area contributed by atoms with Gasteiger partial charge in [0.1, 0.15) is 24.5 Å². The topological polar surface area (TPSA) is 99.1 Å². The molecule has 0 aliphatic carbocycles. The molecule has 0 radical (unpaired) electrons. The first-order valence-electron chi connectivity index (χ1n) is 12.1. The lowest BCUT2D eigenvalue weighted by Crippen LogP contribution is -2.37. The van der Waals surface area contributed by atoms with Gasteiger partial charge < -0.3 is 14.2 Å². The van der Waals surface area contributed by atoms with Crippen molar-refractivity contribution < 1.29 is 4.74 Å². The lowest BCUT2D eigenvalue weighted by Gasteiger charge is -2.32. The third-order valence-electron chi connectivity index (χ3n) is 6.14. The van der Waals surface area contributed by atoms with Crippen LogP contribution in [0.15, 0.2) is 65.8 Å². The maximum absolute atomic E-state index is 5.95. The van der Waals surface area contributed by atoms with Crippen LogP contribution in [0.25, 0.3) is 11.4 Å². The molecule has 0 spiro atoms. The summed E-state index contributed by atoms with van der Waals surface area (Å²) in [5.74, 6) is 2.30. The summed E-state index contributed by atoms with van der Waals surface area (Å²) < 4.78 is 9.58. The van der Waals surface area contributed by atoms with Crippen molar-refractivity contribution in [2.45, 2.75) is 39.2 Å². The van der Waals surface area contributed by atoms with Crippen molar-refractivity contribution in [2.24, 2.45) is 4.99 Å². The summed E-state index contributed by atoms with van der Waals surface area (Å²) in [7, 11) is 0. The van der Waals surface area contributed by atoms with Crippen LogP contribution in [-0.4, -0.2) is 65.1 Å². The van der Waals surface area contributed by atoms with E-state index in [-0.39, 0.29) is 0 Å². The number of rotatable bonds is 8. The number of tetrazole rings is 1. The Morgan fingerprint density at radius 3 is 2.72 bits per heavy atom. The number of aromatic nitrogens is 7. The van der Waals surface area contributed by atoms with E-state index in [0.717, 1.165) is 61.1 Å². The van der Waals surface area contributed by atoms with Crippen molar-refractivity contribution in [3.63, 3.8) is 0 Å². The molecule has 4 aromatic rings. The number of piperidine rings is 1. The summed E-state index contributed by atoms with van der Waals surface area (Å²) in [6.45, 7) is 7.31. The third kappa shape index (κ3) is 5.68. The Balaban J connectivity index is 1.14. The molecule has 1 saturated heterocycles. The highest BCUT2D eigenvalue weighted by Crippen LogP contribution is 2.31. The molecule has 0 N–H and O–H groups in total. The van der Waals surface area contributed by atoms with Gasteiger partial charge in [0.2, 0.25) is 0 Å². The first-order chi connectivity index (χ1) is 17.7. The van der Waals surface area contributed by atoms with Gasteiger partial charge in [-0.05, 0) is 67.5 Å². The molecule has 1 aromatic carbocycles. The standard InChI is InChI=1S/C25H29N9OS/c1-3-27-24(14-19(2)33-13-10-26-17-33)32-11-8-20(9-12-32)25-29-21(16-36-25)15-35-23-6-4-22(5-7-23)34-18-28-30-31-34/h4-7,10,13-14,16-18,20H,3,8-9,11-12,15H2,1-2H3/b19-14+,27-24?. The van der Waals surface area contributed by atoms with Gasteiger partial charge >= 0.3 is 0 Å². The Kier molecular flexibility index (Phi) is 7.46. The van der Waals surface area contributed by atoms with E-state index in [9.17, 15) is 0 Å². The van der Waals surface area contributed by atoms with Crippen molar-refractivity contribution in [2.75, 3.05) is 19.6 Å². The maximum Gasteiger partial charge on any atom is 0.143 e. The molecule has 186 valence electrons. The van der Waals surface area contributed by atoms with Crippen molar-refractivity contribution in [3.05, 3.63) is 71.5 Å². The average Bonchev–Trinajstić information content (AvgIpc) is 3.71. The number of amidine groups is 1. The SMILES string of the molecule is CCN=C(/C=C(\C)n1ccnc1)N1CCC(c2nc(COc3ccc(-n4cnnn4)cc3)cs2)CC1. The second-order valence-electron chi connectivity index (χ2n) is 8.56. The van der Waals surface area contributed by atoms with Crippen LogP contribution in [0.3, 0.4) is 0 Å². The third-order valence-corrected chi connectivity index (χ3v) is 7.20. The van der Waals surface area contributed by atoms with Crippen LogP contribution in [0.1, 0.15) is 43.3 Å². The van der Waals surface area contributed by atoms with E-state index in [1.165, 1.54) is 5.01 Å². The fourth-order valence-corrected chi connectivity index (χ4v) is 5.17. The van der Waals surface area contributed by atoms with E-state index < -0.39 is 0 Å². The minimum Gasteiger partial charge on any atom is -0.487 e. The van der Waals surface area contributed by atoms with Crippen molar-refractivity contribution in [1.82, 2.24) is 39.6 Å². The zero-order chi connectivity index (χ0) is 24.7. The molecular weight excluding hydrogens is 474 g/mol. The molecule has 36 heavy (non-hydrogen) atoms. The number of ether oxygens (including phenoxy) is 1. The van der Waals surface area contributed by atoms with E-state index in [0.29, 0.717) is 12.5 Å². The van der Waals surface area contributed by atoms with Crippen LogP contribution in [0.5, 0.6) is 5.75 Å². The van der Waals surface area contributed by atoms with Gasteiger partial charge in [0, 0.05) is 49.0 Å². The Bertz CT molecular complexity index is 1290. The highest BCUT2D eigenvalue weighted by molar-refractivity contribution is 7.09. The number of allylic oxidation sites excluding steroid dienone is 1. The van der Waals surface area contributed by atoms with E-state index >= 15 is 0 Å². The zero-order valence-electron chi connectivity index (χ0n) is 20.4. The van der Waals surface area contributed by atoms with Gasteiger partial charge in [-0.2, -0.15) is 0 Å². The summed E-state index contributed by atoms with van der Waals surface area (Å²) >= 11 is 1.73. The van der Waals surface area contributed by atoms with Crippen molar-refractivity contribution in [3.8, 4) is 11.4 Å². The Morgan fingerprint density at radius 1 is 1.19 bits per heavy atom. The molecule has 4 heterocycles. The molecule has 0 atom stereocenters. The lowest BCUT2D eigenvalue weighted by molar-refractivity contribution is 0.298. The molecule has 1 aliphatic rings. The number of imidazole rings is 1. The van der Waals surface area contributed by atoms with Crippen molar-refractivity contribution in [1.29, 1.82) is 0 Å². The second-order valence-corrected chi connectivity index (χ2v) is 9.45. The molecule has 0 saturated carbocycles. The summed E-state index contributed by atoms with van der Waals surface area (Å²) in [6, 6.07) is 7.68. The highest BCUT2D eigenvalue weighted by Gasteiger charge is 2.24. The van der Waals surface area contributed by atoms with E-state index in [1.54, 1.807) is 28.5 Å². The second kappa shape index (κ2) is 11.3. The molecule has 0 unspecified atom stereocenters. The van der Waals surface area contributed by atoms with E-state index in [2.05, 4.69) is 50.7 Å². The maximum atomic E-state index is 5.95. The minimum atomic E-state index is 0.450. The average molecular weight is 504 g/mol. The molecule has 11 heteroatoms. The lowest BCUT2D eigenvalue weighted by atomic mass is 9.97. The van der Waals surface area contributed by atoms with Gasteiger partial charge in [0.25, 0.3) is 0 Å². The fourth-order valence-electron chi connectivity index (χ4n) is 4.19. The predicted octanol–water partition coefficient (Wildman–Crippen LogP) is 4.05. The van der Waals surface area contributed by atoms with Gasteiger partial charge in [0.15, 0.2) is 0 Å². The predicted molar refractivity (Wildman–Crippen MR) is 139 cm³/mol. The number of likely N-dealkylation sites (tertiary alicyclic amines) is 1. The van der Waals surface area contributed by atoms with Crippen LogP contribution >= 0.6 is 11.3 Å². The van der Waals surface area contributed by atoms with Gasteiger partial charge in [-0.3, -0.25) is 4.99 Å². The number of aliphatic imine (C=N–C) groups is 1. The molecule has 1 fully saturated rings. The largest absolute Gasteiger partial charge is 0.487 e. The van der Waals surface area contributed by atoms with Crippen LogP contribution in [0.2, 0.25) is 0 Å². The summed E-state index contributed by atoms with van der Waals surface area (Å²) in [5.41, 5.74) is 2.96. The summed E-state index contributed by atoms with van der Waals surface area (Å²) in [5, 5.41) is 14.5. The number of nitrogens with zero attached hydrogens (tertiary/aromatic N) is 9. The van der Waals surface area contributed by atoms with E-state index in [1.807, 2.05) is 41.4 Å². The summed E-state index contributed by atoms with van der Waals surface area (Å²) in [4.78, 5) is 16.2. The first kappa shape index (κ1) is 23.9. The normalized spacial score (nSPS) is 15.4. The summed E-state index contributed by atoms with van der Waals surface area (Å²) in [6.07, 6.45) is 11.4. The molecule has 5 rings (SSSR count). The molecule has 1 aliphatic heterocycles. The molecule has 3 aromatic heterocycles. The number of thiazole rings is 1. The fraction of sp³-hybridized carbons (Fsp3) is 0.360. The van der Waals surface area contributed by atoms with Gasteiger partial charge in [-0.15, -0.1) is 16.4 Å². The van der Waals surface area contributed by atoms with Gasteiger partial charge in [0.05, 0.1) is 22.7 Å². The van der Waals surface area contributed by atoms with Gasteiger partial charge in [-0.1, -0.05) is 0 Å². The monoisotopic (exact) mass is 503 g/mol. The van der Waals surface area contributed by atoms with Crippen LogP contribution in [0.4, 0.5) is 0 Å². The number of hydrogen-bond acceptors (Lipinski definition) is 8.